The Morgan fingerprint density at radius 2 is 1.94 bits per heavy atom. The van der Waals surface area contributed by atoms with E-state index in [2.05, 4.69) is 11.2 Å². The fourth-order valence-corrected chi connectivity index (χ4v) is 1.75. The molecule has 0 spiro atoms. The van der Waals surface area contributed by atoms with E-state index < -0.39 is 0 Å². The van der Waals surface area contributed by atoms with E-state index in [4.69, 9.17) is 18.0 Å². The molecule has 0 bridgehead atoms. The second-order valence-corrected chi connectivity index (χ2v) is 4.07. The molecule has 0 saturated carbocycles. The number of carbonyl (C=O) groups is 1. The highest BCUT2D eigenvalue weighted by Crippen LogP contribution is 2.17. The predicted octanol–water partition coefficient (Wildman–Crippen LogP) is 3.57. The molecule has 0 atom stereocenters. The fraction of sp³-hybridized carbons (Fsp3) is 0. The Hall–Kier alpha value is -2.24. The molecule has 2 rings (SSSR count). The zero-order chi connectivity index (χ0) is 13.0. The fourth-order valence-electron chi connectivity index (χ4n) is 1.53. The number of halogens is 1. The van der Waals surface area contributed by atoms with E-state index in [1.165, 1.54) is 0 Å². The highest BCUT2D eigenvalue weighted by molar-refractivity contribution is 6.34. The highest BCUT2D eigenvalue weighted by Gasteiger charge is 2.09. The van der Waals surface area contributed by atoms with Gasteiger partial charge in [-0.25, -0.2) is 0 Å². The maximum atomic E-state index is 12.0. The van der Waals surface area contributed by atoms with Crippen LogP contribution in [0.3, 0.4) is 0 Å². The van der Waals surface area contributed by atoms with Gasteiger partial charge in [-0.3, -0.25) is 4.79 Å². The smallest absolute Gasteiger partial charge is 0.257 e. The van der Waals surface area contributed by atoms with Crippen molar-refractivity contribution in [3.05, 3.63) is 64.7 Å². The third-order valence-corrected chi connectivity index (χ3v) is 2.74. The van der Waals surface area contributed by atoms with E-state index in [-0.39, 0.29) is 5.91 Å². The number of amides is 1. The third kappa shape index (κ3) is 2.71. The minimum Gasteiger partial charge on any atom is -0.322 e. The van der Waals surface area contributed by atoms with Crippen molar-refractivity contribution in [1.82, 2.24) is 0 Å². The lowest BCUT2D eigenvalue weighted by Crippen LogP contribution is -2.12. The van der Waals surface area contributed by atoms with Gasteiger partial charge in [0.2, 0.25) is 0 Å². The van der Waals surface area contributed by atoms with Crippen LogP contribution in [0.2, 0.25) is 5.02 Å². The molecule has 0 aliphatic rings. The first-order valence-corrected chi connectivity index (χ1v) is 5.71. The van der Waals surface area contributed by atoms with Crippen LogP contribution in [0, 0.1) is 12.3 Å². The summed E-state index contributed by atoms with van der Waals surface area (Å²) in [7, 11) is 0. The summed E-state index contributed by atoms with van der Waals surface area (Å²) >= 11 is 5.95. The van der Waals surface area contributed by atoms with Gasteiger partial charge < -0.3 is 5.32 Å². The van der Waals surface area contributed by atoms with E-state index >= 15 is 0 Å². The number of rotatable bonds is 2. The van der Waals surface area contributed by atoms with Crippen molar-refractivity contribution in [3.8, 4) is 12.3 Å². The minimum atomic E-state index is -0.255. The molecular formula is C15H10ClNO. The largest absolute Gasteiger partial charge is 0.322 e. The molecule has 0 radical (unpaired) electrons. The van der Waals surface area contributed by atoms with E-state index in [1.807, 2.05) is 0 Å². The van der Waals surface area contributed by atoms with Crippen LogP contribution in [0.1, 0.15) is 15.9 Å². The molecule has 0 aromatic heterocycles. The van der Waals surface area contributed by atoms with Crippen molar-refractivity contribution in [1.29, 1.82) is 0 Å². The quantitative estimate of drug-likeness (QED) is 0.817. The van der Waals surface area contributed by atoms with Gasteiger partial charge in [-0.15, -0.1) is 6.42 Å². The van der Waals surface area contributed by atoms with E-state index in [9.17, 15) is 4.79 Å². The first-order valence-electron chi connectivity index (χ1n) is 5.33. The van der Waals surface area contributed by atoms with Gasteiger partial charge in [-0.05, 0) is 30.3 Å². The minimum absolute atomic E-state index is 0.255. The number of benzene rings is 2. The van der Waals surface area contributed by atoms with Gasteiger partial charge >= 0.3 is 0 Å². The molecule has 3 heteroatoms. The Bertz CT molecular complexity index is 628. The van der Waals surface area contributed by atoms with Crippen molar-refractivity contribution in [3.63, 3.8) is 0 Å². The topological polar surface area (TPSA) is 29.1 Å². The average molecular weight is 256 g/mol. The molecule has 18 heavy (non-hydrogen) atoms. The lowest BCUT2D eigenvalue weighted by molar-refractivity contribution is 0.102. The molecule has 0 heterocycles. The summed E-state index contributed by atoms with van der Waals surface area (Å²) in [5.74, 6) is 2.26. The SMILES string of the molecule is C#Cc1cccc(NC(=O)c2ccccc2Cl)c1. The monoisotopic (exact) mass is 255 g/mol. The van der Waals surface area contributed by atoms with Gasteiger partial charge in [0, 0.05) is 11.3 Å². The molecule has 2 nitrogen and oxygen atoms in total. The molecule has 2 aromatic rings. The Morgan fingerprint density at radius 3 is 2.67 bits per heavy atom. The van der Waals surface area contributed by atoms with Crippen LogP contribution in [0.4, 0.5) is 5.69 Å². The van der Waals surface area contributed by atoms with Gasteiger partial charge in [-0.2, -0.15) is 0 Å². The third-order valence-electron chi connectivity index (χ3n) is 2.41. The lowest BCUT2D eigenvalue weighted by atomic mass is 10.2. The number of anilines is 1. The van der Waals surface area contributed by atoms with Crippen molar-refractivity contribution < 1.29 is 4.79 Å². The van der Waals surface area contributed by atoms with Crippen molar-refractivity contribution in [2.75, 3.05) is 5.32 Å². The standard InChI is InChI=1S/C15H10ClNO/c1-2-11-6-5-7-12(10-11)17-15(18)13-8-3-4-9-14(13)16/h1,3-10H,(H,17,18). The molecule has 0 fully saturated rings. The lowest BCUT2D eigenvalue weighted by Gasteiger charge is -2.06. The maximum absolute atomic E-state index is 12.0. The summed E-state index contributed by atoms with van der Waals surface area (Å²) in [4.78, 5) is 12.0. The average Bonchev–Trinajstić information content (AvgIpc) is 2.39. The summed E-state index contributed by atoms with van der Waals surface area (Å²) in [6, 6.07) is 14.0. The number of hydrogen-bond acceptors (Lipinski definition) is 1. The number of hydrogen-bond donors (Lipinski definition) is 1. The molecule has 0 aliphatic carbocycles. The van der Waals surface area contributed by atoms with Crippen LogP contribution >= 0.6 is 11.6 Å². The molecule has 1 amide bonds. The molecule has 0 aliphatic heterocycles. The Kier molecular flexibility index (Phi) is 3.66. The van der Waals surface area contributed by atoms with Crippen LogP contribution in [0.15, 0.2) is 48.5 Å². The molecule has 0 unspecified atom stereocenters. The van der Waals surface area contributed by atoms with Gasteiger partial charge in [-0.1, -0.05) is 35.7 Å². The molecule has 0 saturated heterocycles. The predicted molar refractivity (Wildman–Crippen MR) is 73.8 cm³/mol. The van der Waals surface area contributed by atoms with E-state index in [0.717, 1.165) is 0 Å². The normalized spacial score (nSPS) is 9.56. The number of carbonyl (C=O) groups excluding carboxylic acids is 1. The Balaban J connectivity index is 2.22. The highest BCUT2D eigenvalue weighted by atomic mass is 35.5. The summed E-state index contributed by atoms with van der Waals surface area (Å²) in [6.45, 7) is 0. The van der Waals surface area contributed by atoms with Crippen LogP contribution in [-0.2, 0) is 0 Å². The second kappa shape index (κ2) is 5.39. The summed E-state index contributed by atoms with van der Waals surface area (Å²) < 4.78 is 0. The number of nitrogens with one attached hydrogen (secondary N) is 1. The van der Waals surface area contributed by atoms with Gasteiger partial charge in [0.05, 0.1) is 10.6 Å². The first-order chi connectivity index (χ1) is 8.70. The first kappa shape index (κ1) is 12.2. The second-order valence-electron chi connectivity index (χ2n) is 3.66. The Labute approximate surface area is 111 Å². The molecule has 2 aromatic carbocycles. The van der Waals surface area contributed by atoms with Crippen LogP contribution in [0.25, 0.3) is 0 Å². The summed E-state index contributed by atoms with van der Waals surface area (Å²) in [6.07, 6.45) is 5.30. The van der Waals surface area contributed by atoms with Crippen molar-refractivity contribution in [2.45, 2.75) is 0 Å². The summed E-state index contributed by atoms with van der Waals surface area (Å²) in [5.41, 5.74) is 1.80. The molecule has 88 valence electrons. The van der Waals surface area contributed by atoms with Crippen molar-refractivity contribution >= 4 is 23.2 Å². The van der Waals surface area contributed by atoms with E-state index in [0.29, 0.717) is 21.8 Å². The number of terminal acetylenes is 1. The Morgan fingerprint density at radius 1 is 1.17 bits per heavy atom. The van der Waals surface area contributed by atoms with Crippen LogP contribution in [0.5, 0.6) is 0 Å². The van der Waals surface area contributed by atoms with Crippen molar-refractivity contribution in [2.24, 2.45) is 0 Å². The maximum Gasteiger partial charge on any atom is 0.257 e. The summed E-state index contributed by atoms with van der Waals surface area (Å²) in [5, 5.41) is 3.17. The zero-order valence-corrected chi connectivity index (χ0v) is 10.2. The van der Waals surface area contributed by atoms with Crippen LogP contribution < -0.4 is 5.32 Å². The van der Waals surface area contributed by atoms with Gasteiger partial charge in [0.15, 0.2) is 0 Å². The van der Waals surface area contributed by atoms with Gasteiger partial charge in [0.1, 0.15) is 0 Å². The van der Waals surface area contributed by atoms with Crippen LogP contribution in [-0.4, -0.2) is 5.91 Å². The van der Waals surface area contributed by atoms with Gasteiger partial charge in [0.25, 0.3) is 5.91 Å². The van der Waals surface area contributed by atoms with E-state index in [1.54, 1.807) is 48.5 Å². The molecular weight excluding hydrogens is 246 g/mol. The molecule has 1 N–H and O–H groups in total. The zero-order valence-electron chi connectivity index (χ0n) is 9.48.